The highest BCUT2D eigenvalue weighted by molar-refractivity contribution is 9.10. The minimum Gasteiger partial charge on any atom is -0.354 e. The molecular formula is C34H35BrClN3O4S. The molecule has 0 unspecified atom stereocenters. The van der Waals surface area contributed by atoms with Crippen molar-refractivity contribution >= 4 is 55.1 Å². The Morgan fingerprint density at radius 2 is 1.48 bits per heavy atom. The van der Waals surface area contributed by atoms with Crippen molar-refractivity contribution in [3.05, 3.63) is 130 Å². The number of carbonyl (C=O) groups excluding carboxylic acids is 2. The zero-order valence-corrected chi connectivity index (χ0v) is 27.7. The van der Waals surface area contributed by atoms with E-state index >= 15 is 0 Å². The fourth-order valence-corrected chi connectivity index (χ4v) is 6.58. The first-order valence-corrected chi connectivity index (χ1v) is 16.8. The third-order valence-corrected chi connectivity index (χ3v) is 9.46. The van der Waals surface area contributed by atoms with Crippen LogP contribution < -0.4 is 9.62 Å². The minimum atomic E-state index is -4.16. The summed E-state index contributed by atoms with van der Waals surface area (Å²) in [7, 11) is -4.16. The van der Waals surface area contributed by atoms with Gasteiger partial charge in [-0.2, -0.15) is 0 Å². The first-order chi connectivity index (χ1) is 21.0. The summed E-state index contributed by atoms with van der Waals surface area (Å²) < 4.78 is 29.8. The smallest absolute Gasteiger partial charge is 0.264 e. The number of benzene rings is 4. The molecular weight excluding hydrogens is 662 g/mol. The molecule has 0 fully saturated rings. The van der Waals surface area contributed by atoms with Gasteiger partial charge in [-0.25, -0.2) is 8.42 Å². The van der Waals surface area contributed by atoms with Gasteiger partial charge in [-0.1, -0.05) is 108 Å². The van der Waals surface area contributed by atoms with E-state index in [2.05, 4.69) is 21.2 Å². The van der Waals surface area contributed by atoms with Crippen LogP contribution in [0.1, 0.15) is 25.0 Å². The van der Waals surface area contributed by atoms with Gasteiger partial charge in [0.15, 0.2) is 0 Å². The third kappa shape index (κ3) is 8.94. The second kappa shape index (κ2) is 15.4. The minimum absolute atomic E-state index is 0.0486. The second-order valence-corrected chi connectivity index (χ2v) is 14.0. The number of halogens is 2. The monoisotopic (exact) mass is 695 g/mol. The molecule has 7 nitrogen and oxygen atoms in total. The summed E-state index contributed by atoms with van der Waals surface area (Å²) in [6.45, 7) is 3.96. The van der Waals surface area contributed by atoms with Crippen LogP contribution in [0.3, 0.4) is 0 Å². The number of sulfonamides is 1. The Hall–Kier alpha value is -3.66. The van der Waals surface area contributed by atoms with Crippen molar-refractivity contribution in [3.63, 3.8) is 0 Å². The molecule has 0 aliphatic rings. The second-order valence-electron chi connectivity index (χ2n) is 10.8. The molecule has 0 saturated carbocycles. The Kier molecular flexibility index (Phi) is 11.6. The van der Waals surface area contributed by atoms with Crippen molar-refractivity contribution in [3.8, 4) is 0 Å². The average Bonchev–Trinajstić information content (AvgIpc) is 3.02. The maximum atomic E-state index is 14.4. The topological polar surface area (TPSA) is 86.8 Å². The van der Waals surface area contributed by atoms with Crippen LogP contribution in [-0.4, -0.2) is 44.3 Å². The van der Waals surface area contributed by atoms with Gasteiger partial charge >= 0.3 is 0 Å². The van der Waals surface area contributed by atoms with Gasteiger partial charge in [0.1, 0.15) is 12.6 Å². The maximum absolute atomic E-state index is 14.4. The lowest BCUT2D eigenvalue weighted by Gasteiger charge is -2.34. The first-order valence-electron chi connectivity index (χ1n) is 14.2. The van der Waals surface area contributed by atoms with Gasteiger partial charge in [-0.05, 0) is 59.5 Å². The predicted octanol–water partition coefficient (Wildman–Crippen LogP) is 6.71. The van der Waals surface area contributed by atoms with Gasteiger partial charge in [0, 0.05) is 29.0 Å². The molecule has 4 rings (SSSR count). The van der Waals surface area contributed by atoms with Gasteiger partial charge in [0.25, 0.3) is 10.0 Å². The van der Waals surface area contributed by atoms with Crippen molar-refractivity contribution in [2.24, 2.45) is 5.92 Å². The highest BCUT2D eigenvalue weighted by Gasteiger charge is 2.34. The van der Waals surface area contributed by atoms with Crippen LogP contribution >= 0.6 is 27.5 Å². The van der Waals surface area contributed by atoms with Crippen molar-refractivity contribution in [2.45, 2.75) is 37.8 Å². The van der Waals surface area contributed by atoms with Gasteiger partial charge in [-0.15, -0.1) is 0 Å². The van der Waals surface area contributed by atoms with Crippen LogP contribution in [0.4, 0.5) is 5.69 Å². The van der Waals surface area contributed by atoms with E-state index in [-0.39, 0.29) is 29.7 Å². The van der Waals surface area contributed by atoms with Crippen LogP contribution in [0.15, 0.2) is 119 Å². The largest absolute Gasteiger partial charge is 0.354 e. The van der Waals surface area contributed by atoms with Crippen molar-refractivity contribution in [1.82, 2.24) is 10.2 Å². The molecule has 1 atom stereocenters. The van der Waals surface area contributed by atoms with E-state index in [0.29, 0.717) is 21.7 Å². The van der Waals surface area contributed by atoms with Gasteiger partial charge in [-0.3, -0.25) is 13.9 Å². The molecule has 0 aliphatic carbocycles. The summed E-state index contributed by atoms with van der Waals surface area (Å²) in [5, 5.41) is 3.53. The molecule has 0 aliphatic heterocycles. The van der Waals surface area contributed by atoms with Crippen molar-refractivity contribution in [1.29, 1.82) is 0 Å². The summed E-state index contributed by atoms with van der Waals surface area (Å²) in [4.78, 5) is 29.8. The summed E-state index contributed by atoms with van der Waals surface area (Å²) in [5.41, 5.74) is 1.93. The number of amides is 2. The van der Waals surface area contributed by atoms with E-state index in [1.165, 1.54) is 17.0 Å². The highest BCUT2D eigenvalue weighted by atomic mass is 79.9. The van der Waals surface area contributed by atoms with Crippen LogP contribution in [0, 0.1) is 5.92 Å². The quantitative estimate of drug-likeness (QED) is 0.168. The summed E-state index contributed by atoms with van der Waals surface area (Å²) in [5.74, 6) is -0.648. The molecule has 1 N–H and O–H groups in total. The van der Waals surface area contributed by atoms with E-state index < -0.39 is 28.5 Å². The zero-order chi connectivity index (χ0) is 31.7. The van der Waals surface area contributed by atoms with Gasteiger partial charge < -0.3 is 10.2 Å². The Morgan fingerprint density at radius 3 is 2.09 bits per heavy atom. The molecule has 0 saturated heterocycles. The summed E-state index contributed by atoms with van der Waals surface area (Å²) in [6.07, 6.45) is 0.242. The molecule has 4 aromatic rings. The lowest BCUT2D eigenvalue weighted by molar-refractivity contribution is -0.140. The lowest BCUT2D eigenvalue weighted by atomic mass is 10.0. The predicted molar refractivity (Wildman–Crippen MR) is 179 cm³/mol. The fraction of sp³-hybridized carbons (Fsp3) is 0.235. The summed E-state index contributed by atoms with van der Waals surface area (Å²) in [6, 6.07) is 30.3. The molecule has 0 aromatic heterocycles. The van der Waals surface area contributed by atoms with Gasteiger partial charge in [0.05, 0.1) is 10.6 Å². The van der Waals surface area contributed by atoms with Crippen LogP contribution in [0.25, 0.3) is 0 Å². The van der Waals surface area contributed by atoms with Crippen molar-refractivity contribution in [2.75, 3.05) is 17.4 Å². The molecule has 0 bridgehead atoms. The molecule has 230 valence electrons. The van der Waals surface area contributed by atoms with E-state index in [0.717, 1.165) is 15.4 Å². The number of anilines is 1. The molecule has 0 radical (unpaired) electrons. The molecule has 4 aromatic carbocycles. The number of hydrogen-bond acceptors (Lipinski definition) is 4. The average molecular weight is 697 g/mol. The number of rotatable bonds is 13. The first kappa shape index (κ1) is 33.2. The fourth-order valence-electron chi connectivity index (χ4n) is 4.64. The number of nitrogens with one attached hydrogen (secondary N) is 1. The van der Waals surface area contributed by atoms with Crippen LogP contribution in [-0.2, 0) is 32.6 Å². The Balaban J connectivity index is 1.79. The Morgan fingerprint density at radius 1 is 0.841 bits per heavy atom. The van der Waals surface area contributed by atoms with E-state index in [4.69, 9.17) is 11.6 Å². The number of carbonyl (C=O) groups is 2. The maximum Gasteiger partial charge on any atom is 0.264 e. The normalized spacial score (nSPS) is 12.0. The third-order valence-electron chi connectivity index (χ3n) is 6.93. The van der Waals surface area contributed by atoms with E-state index in [1.807, 2.05) is 44.2 Å². The number of nitrogens with zero attached hydrogens (tertiary/aromatic N) is 2. The van der Waals surface area contributed by atoms with Crippen LogP contribution in [0.2, 0.25) is 5.02 Å². The number of hydrogen-bond donors (Lipinski definition) is 1. The lowest BCUT2D eigenvalue weighted by Crippen LogP contribution is -2.53. The van der Waals surface area contributed by atoms with E-state index in [9.17, 15) is 18.0 Å². The van der Waals surface area contributed by atoms with Crippen molar-refractivity contribution < 1.29 is 18.0 Å². The molecule has 0 heterocycles. The van der Waals surface area contributed by atoms with E-state index in [1.54, 1.807) is 66.7 Å². The Bertz CT molecular complexity index is 1650. The standard InChI is InChI=1S/C34H35BrClN3O4S/c1-25(2)22-37-34(41)32(20-26-10-5-3-6-11-26)38(23-27-16-18-29(36)19-17-27)33(40)24-39(30-13-9-12-28(35)21-30)44(42,43)31-14-7-4-8-15-31/h3-19,21,25,32H,20,22-24H2,1-2H3,(H,37,41)/t32-/m0/s1. The summed E-state index contributed by atoms with van der Waals surface area (Å²) >= 11 is 9.56. The molecule has 10 heteroatoms. The SMILES string of the molecule is CC(C)CNC(=O)[C@H](Cc1ccccc1)N(Cc1ccc(Cl)cc1)C(=O)CN(c1cccc(Br)c1)S(=O)(=O)c1ccccc1. The van der Waals surface area contributed by atoms with Gasteiger partial charge in [0.2, 0.25) is 11.8 Å². The molecule has 44 heavy (non-hydrogen) atoms. The molecule has 0 spiro atoms. The highest BCUT2D eigenvalue weighted by Crippen LogP contribution is 2.27. The zero-order valence-electron chi connectivity index (χ0n) is 24.6. The molecule has 2 amide bonds. The Labute approximate surface area is 273 Å². The van der Waals surface area contributed by atoms with Crippen LogP contribution in [0.5, 0.6) is 0 Å².